The van der Waals surface area contributed by atoms with E-state index < -0.39 is 0 Å². The summed E-state index contributed by atoms with van der Waals surface area (Å²) in [5.41, 5.74) is 0.701. The van der Waals surface area contributed by atoms with Gasteiger partial charge in [-0.3, -0.25) is 4.79 Å². The maximum Gasteiger partial charge on any atom is 0.151 e. The molecule has 2 aromatic rings. The number of carbonyl (C=O) groups excluding carboxylic acids is 1. The summed E-state index contributed by atoms with van der Waals surface area (Å²) in [6.07, 6.45) is 0.868. The molecule has 0 unspecified atom stereocenters. The molecule has 0 N–H and O–H groups in total. The molecule has 0 bridgehead atoms. The van der Waals surface area contributed by atoms with Crippen molar-refractivity contribution in [3.8, 4) is 0 Å². The second-order valence-corrected chi connectivity index (χ2v) is 4.77. The molecule has 2 rings (SSSR count). The highest BCUT2D eigenvalue weighted by molar-refractivity contribution is 7.99. The lowest BCUT2D eigenvalue weighted by Gasteiger charge is -2.04. The van der Waals surface area contributed by atoms with Gasteiger partial charge in [-0.15, -0.1) is 0 Å². The average molecular weight is 249 g/mol. The summed E-state index contributed by atoms with van der Waals surface area (Å²) < 4.78 is 0. The molecule has 0 aliphatic heterocycles. The minimum absolute atomic E-state index is 0.701. The number of aldehydes is 1. The Hall–Kier alpha value is -1.25. The number of halogens is 1. The topological polar surface area (TPSA) is 17.1 Å². The van der Waals surface area contributed by atoms with Crippen molar-refractivity contribution >= 4 is 29.6 Å². The maximum absolute atomic E-state index is 10.8. The summed E-state index contributed by atoms with van der Waals surface area (Å²) in [6.45, 7) is 0. The summed E-state index contributed by atoms with van der Waals surface area (Å²) >= 11 is 7.44. The zero-order valence-electron chi connectivity index (χ0n) is 8.39. The van der Waals surface area contributed by atoms with E-state index in [1.807, 2.05) is 42.5 Å². The van der Waals surface area contributed by atoms with E-state index in [4.69, 9.17) is 11.6 Å². The van der Waals surface area contributed by atoms with Crippen LogP contribution in [-0.4, -0.2) is 6.29 Å². The van der Waals surface area contributed by atoms with E-state index >= 15 is 0 Å². The summed E-state index contributed by atoms with van der Waals surface area (Å²) in [5.74, 6) is 0. The van der Waals surface area contributed by atoms with Crippen molar-refractivity contribution in [3.05, 3.63) is 59.1 Å². The normalized spacial score (nSPS) is 10.1. The molecule has 0 aromatic heterocycles. The molecule has 16 heavy (non-hydrogen) atoms. The molecule has 80 valence electrons. The van der Waals surface area contributed by atoms with E-state index in [1.165, 1.54) is 11.8 Å². The molecule has 0 aliphatic rings. The maximum atomic E-state index is 10.8. The summed E-state index contributed by atoms with van der Waals surface area (Å²) in [6, 6.07) is 15.1. The van der Waals surface area contributed by atoms with Crippen LogP contribution in [0.5, 0.6) is 0 Å². The molecule has 0 aliphatic carbocycles. The van der Waals surface area contributed by atoms with Crippen LogP contribution in [-0.2, 0) is 0 Å². The third-order valence-corrected chi connectivity index (χ3v) is 3.39. The average Bonchev–Trinajstić information content (AvgIpc) is 2.30. The van der Waals surface area contributed by atoms with Crippen molar-refractivity contribution in [2.75, 3.05) is 0 Å². The predicted molar refractivity (Wildman–Crippen MR) is 67.4 cm³/mol. The van der Waals surface area contributed by atoms with Crippen LogP contribution in [0.25, 0.3) is 0 Å². The minimum atomic E-state index is 0.701. The first-order valence-corrected chi connectivity index (χ1v) is 5.96. The third kappa shape index (κ3) is 2.65. The Morgan fingerprint density at radius 2 is 1.88 bits per heavy atom. The quantitative estimate of drug-likeness (QED) is 0.754. The Bertz CT molecular complexity index is 511. The first kappa shape index (κ1) is 11.2. The van der Waals surface area contributed by atoms with Gasteiger partial charge in [0.05, 0.1) is 0 Å². The van der Waals surface area contributed by atoms with Gasteiger partial charge in [0.1, 0.15) is 0 Å². The zero-order chi connectivity index (χ0) is 11.4. The Balaban J connectivity index is 2.30. The number of benzene rings is 2. The van der Waals surface area contributed by atoms with Crippen molar-refractivity contribution in [1.82, 2.24) is 0 Å². The minimum Gasteiger partial charge on any atom is -0.298 e. The van der Waals surface area contributed by atoms with Crippen molar-refractivity contribution < 1.29 is 4.79 Å². The van der Waals surface area contributed by atoms with Crippen LogP contribution in [0, 0.1) is 0 Å². The molecule has 0 radical (unpaired) electrons. The third-order valence-electron chi connectivity index (χ3n) is 2.07. The van der Waals surface area contributed by atoms with Crippen LogP contribution in [0.15, 0.2) is 58.3 Å². The fraction of sp³-hybridized carbons (Fsp3) is 0. The molecular weight excluding hydrogens is 240 g/mol. The SMILES string of the molecule is O=Cc1ccccc1Sc1cccc(Cl)c1. The Morgan fingerprint density at radius 1 is 1.06 bits per heavy atom. The van der Waals surface area contributed by atoms with E-state index in [-0.39, 0.29) is 0 Å². The largest absolute Gasteiger partial charge is 0.298 e. The zero-order valence-corrected chi connectivity index (χ0v) is 9.96. The van der Waals surface area contributed by atoms with Gasteiger partial charge in [-0.25, -0.2) is 0 Å². The number of rotatable bonds is 3. The van der Waals surface area contributed by atoms with Crippen molar-refractivity contribution in [2.45, 2.75) is 9.79 Å². The second-order valence-electron chi connectivity index (χ2n) is 3.22. The van der Waals surface area contributed by atoms with Crippen molar-refractivity contribution in [1.29, 1.82) is 0 Å². The standard InChI is InChI=1S/C13H9ClOS/c14-11-5-3-6-12(8-11)16-13-7-2-1-4-10(13)9-15/h1-9H. The van der Waals surface area contributed by atoms with E-state index in [0.717, 1.165) is 16.1 Å². The molecular formula is C13H9ClOS. The van der Waals surface area contributed by atoms with E-state index in [9.17, 15) is 4.79 Å². The lowest BCUT2D eigenvalue weighted by molar-refractivity contribution is 0.112. The van der Waals surface area contributed by atoms with Gasteiger partial charge in [-0.1, -0.05) is 47.6 Å². The van der Waals surface area contributed by atoms with Gasteiger partial charge in [0.15, 0.2) is 6.29 Å². The van der Waals surface area contributed by atoms with Crippen LogP contribution in [0.2, 0.25) is 5.02 Å². The van der Waals surface area contributed by atoms with E-state index in [0.29, 0.717) is 10.6 Å². The molecule has 0 fully saturated rings. The van der Waals surface area contributed by atoms with Crippen LogP contribution >= 0.6 is 23.4 Å². The lowest BCUT2D eigenvalue weighted by atomic mass is 10.2. The summed E-state index contributed by atoms with van der Waals surface area (Å²) in [5, 5.41) is 0.702. The van der Waals surface area contributed by atoms with Crippen LogP contribution in [0.1, 0.15) is 10.4 Å². The van der Waals surface area contributed by atoms with Gasteiger partial charge in [-0.2, -0.15) is 0 Å². The molecule has 0 spiro atoms. The summed E-state index contributed by atoms with van der Waals surface area (Å²) in [7, 11) is 0. The number of hydrogen-bond donors (Lipinski definition) is 0. The number of hydrogen-bond acceptors (Lipinski definition) is 2. The molecule has 2 aromatic carbocycles. The van der Waals surface area contributed by atoms with Crippen LogP contribution < -0.4 is 0 Å². The van der Waals surface area contributed by atoms with Gasteiger partial charge in [0.25, 0.3) is 0 Å². The van der Waals surface area contributed by atoms with Crippen LogP contribution in [0.3, 0.4) is 0 Å². The molecule has 0 amide bonds. The first-order chi connectivity index (χ1) is 7.79. The van der Waals surface area contributed by atoms with Gasteiger partial charge in [0, 0.05) is 20.4 Å². The summed E-state index contributed by atoms with van der Waals surface area (Å²) in [4.78, 5) is 12.8. The predicted octanol–water partition coefficient (Wildman–Crippen LogP) is 4.30. The van der Waals surface area contributed by atoms with Gasteiger partial charge < -0.3 is 0 Å². The van der Waals surface area contributed by atoms with Gasteiger partial charge in [-0.05, 0) is 24.3 Å². The highest BCUT2D eigenvalue weighted by atomic mass is 35.5. The Morgan fingerprint density at radius 3 is 2.62 bits per heavy atom. The highest BCUT2D eigenvalue weighted by Crippen LogP contribution is 2.30. The van der Waals surface area contributed by atoms with Crippen molar-refractivity contribution in [2.24, 2.45) is 0 Å². The fourth-order valence-electron chi connectivity index (χ4n) is 1.33. The smallest absolute Gasteiger partial charge is 0.151 e. The molecule has 0 saturated carbocycles. The van der Waals surface area contributed by atoms with Gasteiger partial charge >= 0.3 is 0 Å². The Labute approximate surface area is 103 Å². The monoisotopic (exact) mass is 248 g/mol. The lowest BCUT2D eigenvalue weighted by Crippen LogP contribution is -1.83. The molecule has 1 nitrogen and oxygen atoms in total. The molecule has 3 heteroatoms. The van der Waals surface area contributed by atoms with Crippen LogP contribution in [0.4, 0.5) is 0 Å². The first-order valence-electron chi connectivity index (χ1n) is 4.77. The van der Waals surface area contributed by atoms with E-state index in [2.05, 4.69) is 0 Å². The van der Waals surface area contributed by atoms with Gasteiger partial charge in [0.2, 0.25) is 0 Å². The van der Waals surface area contributed by atoms with E-state index in [1.54, 1.807) is 6.07 Å². The second kappa shape index (κ2) is 5.19. The molecule has 0 heterocycles. The Kier molecular flexibility index (Phi) is 3.65. The fourth-order valence-corrected chi connectivity index (χ4v) is 2.55. The molecule has 0 saturated heterocycles. The molecule has 0 atom stereocenters. The highest BCUT2D eigenvalue weighted by Gasteiger charge is 2.02. The number of carbonyl (C=O) groups is 1. The van der Waals surface area contributed by atoms with Crippen molar-refractivity contribution in [3.63, 3.8) is 0 Å².